The molecule has 0 aliphatic carbocycles. The molecule has 1 saturated heterocycles. The average molecular weight is 622 g/mol. The predicted octanol–water partition coefficient (Wildman–Crippen LogP) is 5.13. The second-order valence-corrected chi connectivity index (χ2v) is 11.9. The van der Waals surface area contributed by atoms with Gasteiger partial charge in [-0.25, -0.2) is 9.48 Å². The highest BCUT2D eigenvalue weighted by Crippen LogP contribution is 2.32. The fraction of sp³-hybridized carbons (Fsp3) is 0.645. The van der Waals surface area contributed by atoms with Gasteiger partial charge in [0.1, 0.15) is 18.1 Å². The second kappa shape index (κ2) is 16.3. The molecule has 3 rings (SSSR count). The summed E-state index contributed by atoms with van der Waals surface area (Å²) in [5, 5.41) is 11.5. The van der Waals surface area contributed by atoms with E-state index < -0.39 is 18.0 Å². The van der Waals surface area contributed by atoms with Crippen LogP contribution >= 0.6 is 11.6 Å². The molecule has 2 heterocycles. The highest BCUT2D eigenvalue weighted by atomic mass is 35.5. The number of rotatable bonds is 14. The topological polar surface area (TPSA) is 116 Å². The third kappa shape index (κ3) is 9.82. The first kappa shape index (κ1) is 34.6. The number of methoxy groups -OCH3 is 1. The molecule has 0 radical (unpaired) electrons. The maximum Gasteiger partial charge on any atom is 0.407 e. The van der Waals surface area contributed by atoms with Crippen molar-refractivity contribution in [2.75, 3.05) is 38.3 Å². The number of nitrogens with one attached hydrogen (secondary N) is 2. The van der Waals surface area contributed by atoms with Crippen LogP contribution in [0.5, 0.6) is 0 Å². The number of anilines is 1. The van der Waals surface area contributed by atoms with Crippen molar-refractivity contribution in [3.05, 3.63) is 46.1 Å². The van der Waals surface area contributed by atoms with Crippen LogP contribution in [0.4, 0.5) is 10.6 Å². The summed E-state index contributed by atoms with van der Waals surface area (Å²) >= 11 is 6.60. The van der Waals surface area contributed by atoms with Gasteiger partial charge in [0.25, 0.3) is 5.91 Å². The molecule has 2 aromatic rings. The Balaban J connectivity index is 2.02. The maximum absolute atomic E-state index is 14.0. The lowest BCUT2D eigenvalue weighted by Gasteiger charge is -2.35. The van der Waals surface area contributed by atoms with Crippen molar-refractivity contribution in [2.45, 2.75) is 97.9 Å². The minimum absolute atomic E-state index is 0.135. The molecule has 0 spiro atoms. The molecule has 1 fully saturated rings. The molecule has 2 atom stereocenters. The molecule has 2 N–H and O–H groups in total. The van der Waals surface area contributed by atoms with Crippen LogP contribution in [0, 0.1) is 0 Å². The van der Waals surface area contributed by atoms with Gasteiger partial charge in [0.2, 0.25) is 0 Å². The lowest BCUT2D eigenvalue weighted by Crippen LogP contribution is -2.49. The van der Waals surface area contributed by atoms with E-state index in [1.54, 1.807) is 11.8 Å². The number of hydrogen-bond acceptors (Lipinski definition) is 8. The number of benzene rings is 1. The van der Waals surface area contributed by atoms with Gasteiger partial charge in [-0.05, 0) is 65.5 Å². The molecule has 43 heavy (non-hydrogen) atoms. The Hall–Kier alpha value is -2.86. The van der Waals surface area contributed by atoms with Crippen molar-refractivity contribution in [3.63, 3.8) is 0 Å². The first-order valence-corrected chi connectivity index (χ1v) is 15.5. The average Bonchev–Trinajstić information content (AvgIpc) is 3.29. The van der Waals surface area contributed by atoms with E-state index in [1.165, 1.54) is 0 Å². The third-order valence-electron chi connectivity index (χ3n) is 7.00. The van der Waals surface area contributed by atoms with Gasteiger partial charge in [0, 0.05) is 56.5 Å². The van der Waals surface area contributed by atoms with E-state index >= 15 is 0 Å². The number of aromatic nitrogens is 2. The highest BCUT2D eigenvalue weighted by molar-refractivity contribution is 6.31. The molecular weight excluding hydrogens is 574 g/mol. The quantitative estimate of drug-likeness (QED) is 0.279. The van der Waals surface area contributed by atoms with Crippen molar-refractivity contribution in [1.29, 1.82) is 0 Å². The van der Waals surface area contributed by atoms with Gasteiger partial charge in [-0.2, -0.15) is 5.10 Å². The Morgan fingerprint density at radius 1 is 1.14 bits per heavy atom. The zero-order chi connectivity index (χ0) is 31.6. The molecule has 0 saturated carbocycles. The largest absolute Gasteiger partial charge is 0.444 e. The molecule has 1 aromatic heterocycles. The lowest BCUT2D eigenvalue weighted by molar-refractivity contribution is -0.152. The molecule has 11 nitrogen and oxygen atoms in total. The monoisotopic (exact) mass is 621 g/mol. The van der Waals surface area contributed by atoms with Crippen molar-refractivity contribution in [1.82, 2.24) is 20.4 Å². The molecular formula is C31H48ClN5O6. The summed E-state index contributed by atoms with van der Waals surface area (Å²) in [5.74, 6) is 0.414. The van der Waals surface area contributed by atoms with Crippen molar-refractivity contribution >= 4 is 29.4 Å². The number of halogens is 1. The van der Waals surface area contributed by atoms with Gasteiger partial charge in [-0.3, -0.25) is 4.79 Å². The molecule has 12 heteroatoms. The standard InChI is InChI=1S/C31H48ClN5O6/c1-8-25(29(41-9-2)42-10-3)34-27(38)26-23(18-21-14-11-12-16-24(21)32)28(37(35-26)20-40-7)36-17-13-15-22(19-36)33-30(39)43-31(4,5)6/h11-12,14,16,22,25,29H,8-10,13,15,17-20H2,1-7H3,(H,33,39)(H,34,38)/t22-,25?/m1/s1. The summed E-state index contributed by atoms with van der Waals surface area (Å²) < 4.78 is 24.3. The van der Waals surface area contributed by atoms with Crippen molar-refractivity contribution in [3.8, 4) is 0 Å². The molecule has 1 unspecified atom stereocenters. The van der Waals surface area contributed by atoms with Gasteiger partial charge >= 0.3 is 6.09 Å². The van der Waals surface area contributed by atoms with E-state index in [2.05, 4.69) is 15.5 Å². The summed E-state index contributed by atoms with van der Waals surface area (Å²) in [6.07, 6.45) is 1.57. The highest BCUT2D eigenvalue weighted by Gasteiger charge is 2.33. The smallest absolute Gasteiger partial charge is 0.407 e. The van der Waals surface area contributed by atoms with E-state index in [4.69, 9.17) is 35.6 Å². The third-order valence-corrected chi connectivity index (χ3v) is 7.37. The summed E-state index contributed by atoms with van der Waals surface area (Å²) in [6, 6.07) is 7.04. The molecule has 1 aromatic carbocycles. The number of piperidine rings is 1. The van der Waals surface area contributed by atoms with Gasteiger partial charge in [0.05, 0.1) is 6.04 Å². The number of alkyl carbamates (subject to hydrolysis) is 1. The fourth-order valence-corrected chi connectivity index (χ4v) is 5.41. The Morgan fingerprint density at radius 2 is 1.84 bits per heavy atom. The van der Waals surface area contributed by atoms with Crippen LogP contribution in [0.25, 0.3) is 0 Å². The van der Waals surface area contributed by atoms with Gasteiger partial charge in [-0.1, -0.05) is 36.7 Å². The number of carbonyl (C=O) groups is 2. The zero-order valence-electron chi connectivity index (χ0n) is 26.6. The maximum atomic E-state index is 14.0. The number of nitrogens with zero attached hydrogens (tertiary/aromatic N) is 3. The number of ether oxygens (including phenoxy) is 4. The fourth-order valence-electron chi connectivity index (χ4n) is 5.20. The van der Waals surface area contributed by atoms with E-state index in [0.29, 0.717) is 44.2 Å². The van der Waals surface area contributed by atoms with E-state index in [9.17, 15) is 9.59 Å². The molecule has 1 aliphatic heterocycles. The number of carbonyl (C=O) groups excluding carboxylic acids is 2. The van der Waals surface area contributed by atoms with Crippen LogP contribution in [0.15, 0.2) is 24.3 Å². The molecule has 240 valence electrons. The summed E-state index contributed by atoms with van der Waals surface area (Å²) in [7, 11) is 1.59. The van der Waals surface area contributed by atoms with Gasteiger partial charge < -0.3 is 34.5 Å². The first-order chi connectivity index (χ1) is 20.5. The van der Waals surface area contributed by atoms with Crippen LogP contribution < -0.4 is 15.5 Å². The second-order valence-electron chi connectivity index (χ2n) is 11.5. The number of amides is 2. The Morgan fingerprint density at radius 3 is 2.44 bits per heavy atom. The van der Waals surface area contributed by atoms with Crippen LogP contribution in [0.1, 0.15) is 82.4 Å². The van der Waals surface area contributed by atoms with Gasteiger partial charge in [0.15, 0.2) is 12.0 Å². The Bertz CT molecular complexity index is 1190. The number of hydrogen-bond donors (Lipinski definition) is 2. The van der Waals surface area contributed by atoms with Crippen molar-refractivity contribution < 1.29 is 28.5 Å². The zero-order valence-corrected chi connectivity index (χ0v) is 27.3. The Kier molecular flexibility index (Phi) is 13.1. The van der Waals surface area contributed by atoms with Crippen LogP contribution in [0.3, 0.4) is 0 Å². The minimum Gasteiger partial charge on any atom is -0.444 e. The summed E-state index contributed by atoms with van der Waals surface area (Å²) in [6.45, 7) is 13.5. The Labute approximate surface area is 260 Å². The van der Waals surface area contributed by atoms with E-state index in [-0.39, 0.29) is 30.4 Å². The van der Waals surface area contributed by atoms with Crippen molar-refractivity contribution in [2.24, 2.45) is 0 Å². The van der Waals surface area contributed by atoms with Crippen LogP contribution in [-0.4, -0.2) is 79.2 Å². The normalized spacial score (nSPS) is 16.3. The van der Waals surface area contributed by atoms with Crippen LogP contribution in [0.2, 0.25) is 5.02 Å². The summed E-state index contributed by atoms with van der Waals surface area (Å²) in [5.41, 5.74) is 1.27. The lowest BCUT2D eigenvalue weighted by atomic mass is 10.0. The SMILES string of the molecule is CCOC(OCC)C(CC)NC(=O)c1nn(COC)c(N2CCC[C@@H](NC(=O)OC(C)(C)C)C2)c1Cc1ccccc1Cl. The predicted molar refractivity (Wildman–Crippen MR) is 167 cm³/mol. The van der Waals surface area contributed by atoms with Crippen LogP contribution in [-0.2, 0) is 32.1 Å². The summed E-state index contributed by atoms with van der Waals surface area (Å²) in [4.78, 5) is 28.7. The van der Waals surface area contributed by atoms with Gasteiger partial charge in [-0.15, -0.1) is 0 Å². The molecule has 1 aliphatic rings. The van der Waals surface area contributed by atoms with E-state index in [1.807, 2.05) is 65.8 Å². The minimum atomic E-state index is -0.598. The first-order valence-electron chi connectivity index (χ1n) is 15.1. The molecule has 2 amide bonds. The van der Waals surface area contributed by atoms with E-state index in [0.717, 1.165) is 29.8 Å². The molecule has 0 bridgehead atoms.